The van der Waals surface area contributed by atoms with E-state index in [2.05, 4.69) is 220 Å². The molecule has 758 valence electrons. The minimum atomic E-state index is -3.53. The molecular weight excluding hydrogens is 1890 g/mol. The molecule has 8 aromatic carbocycles. The molecule has 2 aliphatic carbocycles. The number of hydrogen-bond acceptors (Lipinski definition) is 21. The third kappa shape index (κ3) is 32.0. The maximum atomic E-state index is 13.1. The molecule has 0 atom stereocenters. The van der Waals surface area contributed by atoms with Gasteiger partial charge >= 0.3 is 0 Å². The summed E-state index contributed by atoms with van der Waals surface area (Å²) in [5.41, 5.74) is 13.8. The highest BCUT2D eigenvalue weighted by Crippen LogP contribution is 2.43. The average Bonchev–Trinajstić information content (AvgIpc) is 0.952. The number of ether oxygens (including phenoxy) is 6. The molecule has 2 aliphatic rings. The third-order valence-electron chi connectivity index (χ3n) is 23.5. The van der Waals surface area contributed by atoms with Gasteiger partial charge in [0.2, 0.25) is 35.3 Å². The topological polar surface area (TPSA) is 235 Å². The number of pyridine rings is 6. The zero-order valence-electron chi connectivity index (χ0n) is 87.7. The Balaban J connectivity index is 0.000000172. The van der Waals surface area contributed by atoms with Gasteiger partial charge < -0.3 is 28.4 Å². The highest BCUT2D eigenvalue weighted by atomic mass is 32.2. The largest absolute Gasteiger partial charge is 0.478 e. The summed E-state index contributed by atoms with van der Waals surface area (Å²) in [6, 6.07) is 66.8. The van der Waals surface area contributed by atoms with Crippen molar-refractivity contribution in [3.63, 3.8) is 0 Å². The lowest BCUT2D eigenvalue weighted by Gasteiger charge is -2.15. The Bertz CT molecular complexity index is 6810. The van der Waals surface area contributed by atoms with Crippen LogP contribution in [0.1, 0.15) is 271 Å². The van der Waals surface area contributed by atoms with Crippen LogP contribution < -0.4 is 28.4 Å². The summed E-state index contributed by atoms with van der Waals surface area (Å²) in [4.78, 5) is 32.2. The second-order valence-electron chi connectivity index (χ2n) is 38.0. The fraction of sp³-hybridized carbons (Fsp3) is 0.424. The Hall–Kier alpha value is -10.5. The van der Waals surface area contributed by atoms with E-state index in [9.17, 15) is 25.3 Å². The van der Waals surface area contributed by atoms with E-state index in [0.29, 0.717) is 113 Å². The van der Waals surface area contributed by atoms with Crippen molar-refractivity contribution in [2.24, 2.45) is 23.7 Å². The number of aromatic nitrogens is 6. The number of benzene rings is 8. The highest BCUT2D eigenvalue weighted by molar-refractivity contribution is 8.00. The van der Waals surface area contributed by atoms with Crippen LogP contribution in [0.2, 0.25) is 0 Å². The quantitative estimate of drug-likeness (QED) is 0.0269. The van der Waals surface area contributed by atoms with Gasteiger partial charge in [0.05, 0.1) is 105 Å². The van der Waals surface area contributed by atoms with Crippen LogP contribution in [0.5, 0.6) is 35.3 Å². The van der Waals surface area contributed by atoms with E-state index >= 15 is 0 Å². The van der Waals surface area contributed by atoms with Crippen molar-refractivity contribution >= 4 is 130 Å². The summed E-state index contributed by atoms with van der Waals surface area (Å²) in [5.74, 6) is 16.6. The summed E-state index contributed by atoms with van der Waals surface area (Å²) in [6.07, 6.45) is 7.88. The van der Waals surface area contributed by atoms with Gasteiger partial charge in [0.25, 0.3) is 0 Å². The van der Waals surface area contributed by atoms with Crippen LogP contribution in [-0.4, -0.2) is 124 Å². The molecule has 18 nitrogen and oxygen atoms in total. The summed E-state index contributed by atoms with van der Waals surface area (Å²) >= 11 is 5.51. The molecule has 142 heavy (non-hydrogen) atoms. The van der Waals surface area contributed by atoms with Crippen molar-refractivity contribution in [2.75, 3.05) is 68.9 Å². The van der Waals surface area contributed by atoms with Gasteiger partial charge in [-0.05, 0) is 226 Å². The molecular formula is C118H148N6O12S6. The average molecular weight is 2030 g/mol. The maximum Gasteiger partial charge on any atom is 0.214 e. The predicted molar refractivity (Wildman–Crippen MR) is 595 cm³/mol. The molecule has 0 bridgehead atoms. The van der Waals surface area contributed by atoms with Crippen molar-refractivity contribution in [2.45, 2.75) is 262 Å². The molecule has 0 aliphatic heterocycles. The van der Waals surface area contributed by atoms with Crippen LogP contribution in [0.3, 0.4) is 0 Å². The molecule has 2 saturated carbocycles. The first-order valence-corrected chi connectivity index (χ1v) is 58.5. The molecule has 6 aromatic heterocycles. The van der Waals surface area contributed by atoms with E-state index < -0.39 is 29.5 Å². The molecule has 0 radical (unpaired) electrons. The minimum absolute atomic E-state index is 0.0511. The molecule has 6 heterocycles. The minimum Gasteiger partial charge on any atom is -0.478 e. The van der Waals surface area contributed by atoms with Gasteiger partial charge in [0, 0.05) is 101 Å². The van der Waals surface area contributed by atoms with E-state index in [1.165, 1.54) is 66.1 Å². The summed E-state index contributed by atoms with van der Waals surface area (Å²) in [5, 5.41) is 6.40. The molecule has 0 N–H and O–H groups in total. The number of fused-ring (bicyclic) bond motifs is 6. The standard InChI is InChI=1S/C21H23NO3S.C18H23NO3S.C18H25NO3S.C18H23NOS.C16H21NOS.C15H19NOS.C12H14/c1-4-25-20-13-18(15(2)3)17-11-8-12-19(21(17)22-20)26(23,24)14-16-9-6-5-7-10-16;1-4-22-17-10-15(12(2)3)14-6-5-7-16(18(14)19-17)23(20,21)11-13-8-9-13;1-6-22-17-10-15(13(4)5)14-8-7-9-16(18(14)19-17)23(20,21)11-12(2)3;1-4-20-17-10-15(12(2)3)14-6-5-7-16(18(14)19-17)21-11-13-8-9-13;1-5-18-15-10-13(11(3)4)12-8-7-9-14(19-6-2)16(12)17-15;1-5-17-14-9-12(10(2)3)11-7-6-8-13(18-4)15(11)16-14;1-11(2)7-6-10-12-8-4-3-5-9-12/h5-13,15H,4,14H2,1-3H3;5-7,10,12-13H,4,8-9,11H2,1-3H3;7-10,12-13H,6,11H2,1-5H3;5-7,10,12-13H,4,8-9,11H2,1-3H3;7-11H,5-6H2,1-4H3;6-10H,5H2,1-4H3;3-5,8-9,11H,7H2,1-2H3. The number of sulfone groups is 3. The van der Waals surface area contributed by atoms with Crippen LogP contribution in [0.4, 0.5) is 0 Å². The molecule has 0 spiro atoms. The first-order chi connectivity index (χ1) is 67.9. The molecule has 16 rings (SSSR count). The van der Waals surface area contributed by atoms with Crippen LogP contribution in [-0.2, 0) is 35.3 Å². The lowest BCUT2D eigenvalue weighted by molar-refractivity contribution is 0.327. The molecule has 2 fully saturated rings. The lowest BCUT2D eigenvalue weighted by Crippen LogP contribution is -2.13. The fourth-order valence-corrected chi connectivity index (χ4v) is 24.0. The van der Waals surface area contributed by atoms with E-state index in [-0.39, 0.29) is 45.8 Å². The van der Waals surface area contributed by atoms with Crippen molar-refractivity contribution < 1.29 is 53.7 Å². The van der Waals surface area contributed by atoms with E-state index in [0.717, 1.165) is 109 Å². The fourth-order valence-electron chi connectivity index (χ4n) is 16.3. The van der Waals surface area contributed by atoms with Gasteiger partial charge in [-0.1, -0.05) is 251 Å². The number of hydrogen-bond donors (Lipinski definition) is 0. The predicted octanol–water partition coefficient (Wildman–Crippen LogP) is 30.5. The molecule has 0 amide bonds. The Morgan fingerprint density at radius 1 is 0.324 bits per heavy atom. The van der Waals surface area contributed by atoms with Crippen molar-refractivity contribution in [3.05, 3.63) is 251 Å². The lowest BCUT2D eigenvalue weighted by atomic mass is 9.99. The molecule has 14 aromatic rings. The van der Waals surface area contributed by atoms with Gasteiger partial charge in [-0.15, -0.1) is 35.3 Å². The van der Waals surface area contributed by atoms with Crippen LogP contribution in [0.25, 0.3) is 65.4 Å². The Morgan fingerprint density at radius 2 is 0.620 bits per heavy atom. The van der Waals surface area contributed by atoms with Gasteiger partial charge in [0.15, 0.2) is 29.5 Å². The van der Waals surface area contributed by atoms with Gasteiger partial charge in [0.1, 0.15) is 0 Å². The van der Waals surface area contributed by atoms with Crippen LogP contribution >= 0.6 is 35.3 Å². The van der Waals surface area contributed by atoms with E-state index in [4.69, 9.17) is 33.4 Å². The van der Waals surface area contributed by atoms with Crippen molar-refractivity contribution in [1.82, 2.24) is 29.9 Å². The zero-order chi connectivity index (χ0) is 103. The smallest absolute Gasteiger partial charge is 0.214 e. The van der Waals surface area contributed by atoms with Crippen molar-refractivity contribution in [1.29, 1.82) is 0 Å². The Labute approximate surface area is 859 Å². The molecule has 0 saturated heterocycles. The highest BCUT2D eigenvalue weighted by Gasteiger charge is 2.32. The number of rotatable bonds is 34. The number of thioether (sulfide) groups is 3. The van der Waals surface area contributed by atoms with Gasteiger partial charge in [-0.3, -0.25) is 0 Å². The van der Waals surface area contributed by atoms with Gasteiger partial charge in [-0.25, -0.2) is 55.2 Å². The monoisotopic (exact) mass is 2030 g/mol. The second-order valence-corrected chi connectivity index (χ2v) is 47.2. The number of nitrogens with zero attached hydrogens (tertiary/aromatic N) is 6. The van der Waals surface area contributed by atoms with E-state index in [1.807, 2.05) is 182 Å². The molecule has 24 heteroatoms. The Morgan fingerprint density at radius 3 is 0.930 bits per heavy atom. The number of para-hydroxylation sites is 6. The summed E-state index contributed by atoms with van der Waals surface area (Å²) < 4.78 is 111. The molecule has 0 unspecified atom stereocenters. The van der Waals surface area contributed by atoms with Crippen LogP contribution in [0.15, 0.2) is 236 Å². The first-order valence-electron chi connectivity index (χ1n) is 50.4. The van der Waals surface area contributed by atoms with Crippen LogP contribution in [0, 0.1) is 35.5 Å². The van der Waals surface area contributed by atoms with Crippen molar-refractivity contribution in [3.8, 4) is 47.1 Å². The maximum absolute atomic E-state index is 13.1. The first kappa shape index (κ1) is 113. The summed E-state index contributed by atoms with van der Waals surface area (Å²) in [6.45, 7) is 51.3. The Kier molecular flexibility index (Phi) is 43.5. The summed E-state index contributed by atoms with van der Waals surface area (Å²) in [7, 11) is -10.2. The van der Waals surface area contributed by atoms with Gasteiger partial charge in [-0.2, -0.15) is 0 Å². The normalized spacial score (nSPS) is 12.5. The zero-order valence-corrected chi connectivity index (χ0v) is 92.6. The SMILES string of the molecule is CC(C)CC#Cc1ccccc1.CCOc1cc(C(C)C)c2cccc(S(=O)(=O)CC(C)C)c2n1.CCOc1cc(C(C)C)c2cccc(S(=O)(=O)CC3CC3)c2n1.CCOc1cc(C(C)C)c2cccc(S(=O)(=O)Cc3ccccc3)c2n1.CCOc1cc(C(C)C)c2cccc(SC)c2n1.CCOc1cc(C(C)C)c2cccc(SCC)c2n1.CCOc1cc(C(C)C)c2cccc(SCC3CC3)c2n1. The third-order valence-corrected chi connectivity index (χ3v) is 32.2. The van der Waals surface area contributed by atoms with E-state index in [1.54, 1.807) is 42.1 Å². The second kappa shape index (κ2) is 54.4.